The first-order chi connectivity index (χ1) is 18.1. The van der Waals surface area contributed by atoms with Crippen LogP contribution in [0.5, 0.6) is 11.5 Å². The average Bonchev–Trinajstić information content (AvgIpc) is 3.27. The lowest BCUT2D eigenvalue weighted by molar-refractivity contribution is -0.123. The molecule has 1 heterocycles. The number of carbonyl (C=O) groups is 2. The van der Waals surface area contributed by atoms with E-state index in [1.165, 1.54) is 63.6 Å². The number of fused-ring (bicyclic) bond motifs is 1. The standard InChI is InChI=1S/C25H24N4O8S/c1-14(23(30)26-21-12-15(35-2)8-11-22(21)36-3)37-24(31)17-6-4-5-7-18(17)29-38(33,34)16-9-10-19-20(13-16)28-25(32)27-19/h4-14,29H,1-3H3,(H,26,30)(H2,27,28,32)/t14-/m1/s1. The van der Waals surface area contributed by atoms with E-state index in [0.29, 0.717) is 28.2 Å². The van der Waals surface area contributed by atoms with Crippen LogP contribution < -0.4 is 25.2 Å². The largest absolute Gasteiger partial charge is 0.497 e. The third kappa shape index (κ3) is 5.62. The number of carbonyl (C=O) groups excluding carboxylic acids is 2. The molecule has 12 nitrogen and oxygen atoms in total. The molecule has 0 fully saturated rings. The summed E-state index contributed by atoms with van der Waals surface area (Å²) in [5, 5.41) is 2.62. The van der Waals surface area contributed by atoms with Crippen LogP contribution in [0.4, 0.5) is 11.4 Å². The second kappa shape index (κ2) is 10.7. The van der Waals surface area contributed by atoms with E-state index in [0.717, 1.165) is 0 Å². The van der Waals surface area contributed by atoms with Crippen molar-refractivity contribution >= 4 is 44.3 Å². The van der Waals surface area contributed by atoms with Crippen molar-refractivity contribution < 1.29 is 32.2 Å². The van der Waals surface area contributed by atoms with E-state index in [2.05, 4.69) is 20.0 Å². The fourth-order valence-corrected chi connectivity index (χ4v) is 4.66. The van der Waals surface area contributed by atoms with Crippen molar-refractivity contribution in [3.05, 3.63) is 76.7 Å². The van der Waals surface area contributed by atoms with E-state index in [1.54, 1.807) is 18.2 Å². The second-order valence-electron chi connectivity index (χ2n) is 8.04. The topological polar surface area (TPSA) is 169 Å². The third-order valence-electron chi connectivity index (χ3n) is 5.51. The third-order valence-corrected chi connectivity index (χ3v) is 6.87. The maximum absolute atomic E-state index is 13.0. The quantitative estimate of drug-likeness (QED) is 0.235. The van der Waals surface area contributed by atoms with Gasteiger partial charge in [0.2, 0.25) is 0 Å². The highest BCUT2D eigenvalue weighted by Crippen LogP contribution is 2.29. The SMILES string of the molecule is COc1ccc(OC)c(NC(=O)[C@@H](C)OC(=O)c2ccccc2NS(=O)(=O)c2ccc3[nH]c(=O)[nH]c3c2)c1. The predicted molar refractivity (Wildman–Crippen MR) is 139 cm³/mol. The summed E-state index contributed by atoms with van der Waals surface area (Å²) in [4.78, 5) is 42.0. The van der Waals surface area contributed by atoms with Gasteiger partial charge in [-0.05, 0) is 49.4 Å². The smallest absolute Gasteiger partial charge is 0.341 e. The van der Waals surface area contributed by atoms with Gasteiger partial charge in [-0.1, -0.05) is 12.1 Å². The van der Waals surface area contributed by atoms with Gasteiger partial charge in [0.1, 0.15) is 11.5 Å². The molecule has 0 saturated heterocycles. The summed E-state index contributed by atoms with van der Waals surface area (Å²) in [5.41, 5.74) is 0.426. The zero-order valence-electron chi connectivity index (χ0n) is 20.5. The summed E-state index contributed by atoms with van der Waals surface area (Å²) in [6.45, 7) is 1.37. The number of aromatic nitrogens is 2. The van der Waals surface area contributed by atoms with E-state index >= 15 is 0 Å². The number of ether oxygens (including phenoxy) is 3. The summed E-state index contributed by atoms with van der Waals surface area (Å²) in [6.07, 6.45) is -1.24. The molecule has 4 aromatic rings. The number of benzene rings is 3. The van der Waals surface area contributed by atoms with Crippen LogP contribution in [-0.2, 0) is 19.6 Å². The molecule has 13 heteroatoms. The Bertz CT molecular complexity index is 1680. The van der Waals surface area contributed by atoms with Gasteiger partial charge >= 0.3 is 11.7 Å². The van der Waals surface area contributed by atoms with Crippen molar-refractivity contribution in [2.24, 2.45) is 0 Å². The molecule has 1 aromatic heterocycles. The molecule has 3 aromatic carbocycles. The van der Waals surface area contributed by atoms with Crippen molar-refractivity contribution in [1.82, 2.24) is 9.97 Å². The van der Waals surface area contributed by atoms with Crippen LogP contribution in [0, 0.1) is 0 Å². The van der Waals surface area contributed by atoms with E-state index in [1.807, 2.05) is 0 Å². The number of amides is 1. The molecule has 198 valence electrons. The van der Waals surface area contributed by atoms with Crippen molar-refractivity contribution in [3.63, 3.8) is 0 Å². The maximum atomic E-state index is 13.0. The summed E-state index contributed by atoms with van der Waals surface area (Å²) >= 11 is 0. The van der Waals surface area contributed by atoms with Gasteiger partial charge in [-0.15, -0.1) is 0 Å². The first-order valence-corrected chi connectivity index (χ1v) is 12.7. The Balaban J connectivity index is 1.50. The molecule has 0 aliphatic carbocycles. The molecule has 4 rings (SSSR count). The summed E-state index contributed by atoms with van der Waals surface area (Å²) in [7, 11) is -1.24. The van der Waals surface area contributed by atoms with Crippen LogP contribution in [0.1, 0.15) is 17.3 Å². The number of hydrogen-bond acceptors (Lipinski definition) is 8. The maximum Gasteiger partial charge on any atom is 0.341 e. The summed E-state index contributed by atoms with van der Waals surface area (Å²) in [6, 6.07) is 14.7. The van der Waals surface area contributed by atoms with Gasteiger partial charge in [-0.2, -0.15) is 0 Å². The normalized spacial score (nSPS) is 12.0. The van der Waals surface area contributed by atoms with E-state index in [9.17, 15) is 22.8 Å². The number of sulfonamides is 1. The first kappa shape index (κ1) is 26.3. The van der Waals surface area contributed by atoms with Crippen LogP contribution >= 0.6 is 0 Å². The molecule has 0 saturated carbocycles. The fraction of sp³-hybridized carbons (Fsp3) is 0.160. The minimum absolute atomic E-state index is 0.0535. The van der Waals surface area contributed by atoms with Crippen molar-refractivity contribution in [3.8, 4) is 11.5 Å². The summed E-state index contributed by atoms with van der Waals surface area (Å²) in [5.74, 6) is -0.709. The highest BCUT2D eigenvalue weighted by Gasteiger charge is 2.24. The highest BCUT2D eigenvalue weighted by molar-refractivity contribution is 7.92. The van der Waals surface area contributed by atoms with E-state index < -0.39 is 33.7 Å². The van der Waals surface area contributed by atoms with E-state index in [-0.39, 0.29) is 16.1 Å². The molecule has 0 radical (unpaired) electrons. The lowest BCUT2D eigenvalue weighted by Crippen LogP contribution is -2.30. The minimum atomic E-state index is -4.15. The van der Waals surface area contributed by atoms with Crippen molar-refractivity contribution in [2.75, 3.05) is 24.3 Å². The van der Waals surface area contributed by atoms with Crippen molar-refractivity contribution in [2.45, 2.75) is 17.9 Å². The molecule has 1 atom stereocenters. The van der Waals surface area contributed by atoms with Gasteiger partial charge in [-0.3, -0.25) is 9.52 Å². The van der Waals surface area contributed by atoms with Gasteiger partial charge in [0, 0.05) is 6.07 Å². The number of esters is 1. The molecule has 0 bridgehead atoms. The number of para-hydroxylation sites is 1. The second-order valence-corrected chi connectivity index (χ2v) is 9.72. The average molecular weight is 541 g/mol. The van der Waals surface area contributed by atoms with Gasteiger partial charge in [0.05, 0.1) is 47.1 Å². The number of imidazole rings is 1. The van der Waals surface area contributed by atoms with Gasteiger partial charge < -0.3 is 29.5 Å². The molecule has 0 spiro atoms. The Kier molecular flexibility index (Phi) is 7.39. The number of rotatable bonds is 9. The van der Waals surface area contributed by atoms with E-state index in [4.69, 9.17) is 14.2 Å². The molecular formula is C25H24N4O8S. The minimum Gasteiger partial charge on any atom is -0.497 e. The van der Waals surface area contributed by atoms with Crippen LogP contribution in [0.2, 0.25) is 0 Å². The van der Waals surface area contributed by atoms with Crippen LogP contribution in [0.25, 0.3) is 11.0 Å². The predicted octanol–water partition coefficient (Wildman–Crippen LogP) is 2.86. The Hall–Kier alpha value is -4.78. The van der Waals surface area contributed by atoms with Crippen molar-refractivity contribution in [1.29, 1.82) is 0 Å². The number of nitrogens with one attached hydrogen (secondary N) is 4. The highest BCUT2D eigenvalue weighted by atomic mass is 32.2. The first-order valence-electron chi connectivity index (χ1n) is 11.2. The Morgan fingerprint density at radius 1 is 0.895 bits per heavy atom. The molecular weight excluding hydrogens is 516 g/mol. The number of methoxy groups -OCH3 is 2. The Labute approximate surface area is 217 Å². The zero-order valence-corrected chi connectivity index (χ0v) is 21.3. The monoisotopic (exact) mass is 540 g/mol. The van der Waals surface area contributed by atoms with Crippen LogP contribution in [0.3, 0.4) is 0 Å². The number of aromatic amines is 2. The molecule has 4 N–H and O–H groups in total. The number of H-pyrrole nitrogens is 2. The number of hydrogen-bond donors (Lipinski definition) is 4. The van der Waals surface area contributed by atoms with Gasteiger partial charge in [0.15, 0.2) is 6.10 Å². The zero-order chi connectivity index (χ0) is 27.4. The van der Waals surface area contributed by atoms with Gasteiger partial charge in [-0.25, -0.2) is 18.0 Å². The number of anilines is 2. The molecule has 1 amide bonds. The lowest BCUT2D eigenvalue weighted by Gasteiger charge is -2.17. The molecule has 0 unspecified atom stereocenters. The Morgan fingerprint density at radius 3 is 2.37 bits per heavy atom. The Morgan fingerprint density at radius 2 is 1.63 bits per heavy atom. The molecule has 0 aliphatic rings. The molecule has 0 aliphatic heterocycles. The molecule has 38 heavy (non-hydrogen) atoms. The summed E-state index contributed by atoms with van der Waals surface area (Å²) < 4.78 is 44.1. The van der Waals surface area contributed by atoms with Gasteiger partial charge in [0.25, 0.3) is 15.9 Å². The fourth-order valence-electron chi connectivity index (χ4n) is 3.56. The van der Waals surface area contributed by atoms with Crippen LogP contribution in [0.15, 0.2) is 70.4 Å². The lowest BCUT2D eigenvalue weighted by atomic mass is 10.2. The van der Waals surface area contributed by atoms with Crippen LogP contribution in [-0.4, -0.2) is 50.6 Å².